The van der Waals surface area contributed by atoms with Crippen molar-refractivity contribution in [2.24, 2.45) is 0 Å². The first-order chi connectivity index (χ1) is 16.6. The van der Waals surface area contributed by atoms with Gasteiger partial charge in [-0.25, -0.2) is 9.36 Å². The number of carbonyl (C=O) groups excluding carboxylic acids is 2. The SMILES string of the molecule is CC(C)(CC(=O)OC(=O)c1cc2occc2[nH]1)c1ccccc1OP(C)(=O)OCc1ccccc1. The summed E-state index contributed by atoms with van der Waals surface area (Å²) in [4.78, 5) is 27.9. The van der Waals surface area contributed by atoms with Crippen molar-refractivity contribution in [2.45, 2.75) is 32.3 Å². The number of aromatic amines is 1. The molecular formula is C26H26NO7P. The van der Waals surface area contributed by atoms with Gasteiger partial charge in [0.2, 0.25) is 0 Å². The number of carbonyl (C=O) groups is 2. The standard InChI is InChI=1S/C26H26NO7P/c1-26(2,16-24(28)33-25(29)21-15-23-20(27-21)13-14-31-23)19-11-7-8-12-22(19)34-35(3,30)32-17-18-9-5-4-6-10-18/h4-15,27H,16-17H2,1-3H3. The molecule has 182 valence electrons. The fraction of sp³-hybridized carbons (Fsp3) is 0.231. The van der Waals surface area contributed by atoms with E-state index in [1.54, 1.807) is 30.3 Å². The number of fused-ring (bicyclic) bond motifs is 1. The zero-order valence-corrected chi connectivity index (χ0v) is 20.5. The monoisotopic (exact) mass is 495 g/mol. The molecule has 0 aliphatic heterocycles. The molecule has 8 nitrogen and oxygen atoms in total. The van der Waals surface area contributed by atoms with Crippen LogP contribution in [0.25, 0.3) is 11.1 Å². The van der Waals surface area contributed by atoms with Gasteiger partial charge in [-0.2, -0.15) is 0 Å². The van der Waals surface area contributed by atoms with Gasteiger partial charge in [-0.15, -0.1) is 0 Å². The minimum Gasteiger partial charge on any atom is -0.463 e. The van der Waals surface area contributed by atoms with Crippen molar-refractivity contribution in [3.05, 3.63) is 89.8 Å². The number of aromatic nitrogens is 1. The average molecular weight is 495 g/mol. The van der Waals surface area contributed by atoms with Gasteiger partial charge in [0.15, 0.2) is 5.58 Å². The normalized spacial score (nSPS) is 13.3. The molecule has 0 saturated heterocycles. The molecule has 1 unspecified atom stereocenters. The number of rotatable bonds is 9. The Morgan fingerprint density at radius 2 is 1.74 bits per heavy atom. The molecule has 0 saturated carbocycles. The molecular weight excluding hydrogens is 469 g/mol. The topological polar surface area (TPSA) is 108 Å². The van der Waals surface area contributed by atoms with Crippen molar-refractivity contribution < 1.29 is 32.4 Å². The zero-order chi connectivity index (χ0) is 25.1. The fourth-order valence-electron chi connectivity index (χ4n) is 3.69. The van der Waals surface area contributed by atoms with Crippen molar-refractivity contribution in [2.75, 3.05) is 6.66 Å². The fourth-order valence-corrected chi connectivity index (χ4v) is 4.64. The minimum atomic E-state index is -3.47. The van der Waals surface area contributed by atoms with Gasteiger partial charge in [0.05, 0.1) is 24.8 Å². The van der Waals surface area contributed by atoms with Gasteiger partial charge in [0.1, 0.15) is 11.4 Å². The van der Waals surface area contributed by atoms with E-state index in [0.29, 0.717) is 22.4 Å². The van der Waals surface area contributed by atoms with Gasteiger partial charge in [-0.05, 0) is 11.6 Å². The van der Waals surface area contributed by atoms with Crippen LogP contribution < -0.4 is 4.52 Å². The van der Waals surface area contributed by atoms with Gasteiger partial charge in [0.25, 0.3) is 0 Å². The summed E-state index contributed by atoms with van der Waals surface area (Å²) in [5, 5.41) is 0. The van der Waals surface area contributed by atoms with Gasteiger partial charge < -0.3 is 18.7 Å². The first-order valence-corrected chi connectivity index (χ1v) is 13.0. The largest absolute Gasteiger partial charge is 0.463 e. The summed E-state index contributed by atoms with van der Waals surface area (Å²) in [6.07, 6.45) is 1.38. The van der Waals surface area contributed by atoms with Crippen molar-refractivity contribution in [3.63, 3.8) is 0 Å². The van der Waals surface area contributed by atoms with E-state index in [9.17, 15) is 14.2 Å². The smallest absolute Gasteiger partial charge is 0.376 e. The van der Waals surface area contributed by atoms with Gasteiger partial charge in [-0.3, -0.25) is 9.32 Å². The third-order valence-electron chi connectivity index (χ3n) is 5.44. The molecule has 2 aromatic heterocycles. The molecule has 2 heterocycles. The lowest BCUT2D eigenvalue weighted by atomic mass is 9.81. The number of ether oxygens (including phenoxy) is 1. The maximum absolute atomic E-state index is 13.0. The molecule has 0 bridgehead atoms. The lowest BCUT2D eigenvalue weighted by Crippen LogP contribution is -2.25. The molecule has 0 amide bonds. The molecule has 4 rings (SSSR count). The summed E-state index contributed by atoms with van der Waals surface area (Å²) < 4.78 is 34.7. The first kappa shape index (κ1) is 24.5. The Balaban J connectivity index is 1.42. The van der Waals surface area contributed by atoms with Gasteiger partial charge in [-0.1, -0.05) is 62.4 Å². The Labute approximate surface area is 202 Å². The Hall–Kier alpha value is -3.61. The summed E-state index contributed by atoms with van der Waals surface area (Å²) >= 11 is 0. The Morgan fingerprint density at radius 3 is 2.49 bits per heavy atom. The molecule has 2 aromatic carbocycles. The van der Waals surface area contributed by atoms with Crippen LogP contribution in [-0.2, 0) is 30.6 Å². The van der Waals surface area contributed by atoms with E-state index < -0.39 is 24.9 Å². The second kappa shape index (κ2) is 9.94. The molecule has 1 atom stereocenters. The van der Waals surface area contributed by atoms with Crippen LogP contribution in [-0.4, -0.2) is 23.6 Å². The predicted octanol–water partition coefficient (Wildman–Crippen LogP) is 6.23. The van der Waals surface area contributed by atoms with Crippen LogP contribution in [0.4, 0.5) is 0 Å². The summed E-state index contributed by atoms with van der Waals surface area (Å²) in [5.74, 6) is -1.17. The Bertz CT molecular complexity index is 1360. The molecule has 4 aromatic rings. The summed E-state index contributed by atoms with van der Waals surface area (Å²) in [6, 6.07) is 19.5. The third-order valence-corrected chi connectivity index (χ3v) is 6.57. The van der Waals surface area contributed by atoms with E-state index in [-0.39, 0.29) is 18.7 Å². The van der Waals surface area contributed by atoms with E-state index in [1.807, 2.05) is 44.2 Å². The van der Waals surface area contributed by atoms with Crippen LogP contribution in [0.5, 0.6) is 5.75 Å². The lowest BCUT2D eigenvalue weighted by Gasteiger charge is -2.27. The number of benzene rings is 2. The summed E-state index contributed by atoms with van der Waals surface area (Å²) in [7, 11) is -3.47. The van der Waals surface area contributed by atoms with E-state index in [1.165, 1.54) is 19.0 Å². The summed E-state index contributed by atoms with van der Waals surface area (Å²) in [5.41, 5.74) is 1.96. The molecule has 9 heteroatoms. The lowest BCUT2D eigenvalue weighted by molar-refractivity contribution is -0.139. The second-order valence-electron chi connectivity index (χ2n) is 8.82. The van der Waals surface area contributed by atoms with Crippen LogP contribution in [0.3, 0.4) is 0 Å². The van der Waals surface area contributed by atoms with E-state index in [0.717, 1.165) is 5.56 Å². The number of furan rings is 1. The Morgan fingerprint density at radius 1 is 1.03 bits per heavy atom. The van der Waals surface area contributed by atoms with Crippen LogP contribution in [0.1, 0.15) is 41.9 Å². The summed E-state index contributed by atoms with van der Waals surface area (Å²) in [6.45, 7) is 5.17. The number of hydrogen-bond donors (Lipinski definition) is 1. The second-order valence-corrected chi connectivity index (χ2v) is 10.8. The third kappa shape index (κ3) is 6.10. The first-order valence-electron chi connectivity index (χ1n) is 11.0. The number of hydrogen-bond acceptors (Lipinski definition) is 7. The highest BCUT2D eigenvalue weighted by atomic mass is 31.2. The highest BCUT2D eigenvalue weighted by Crippen LogP contribution is 2.48. The highest BCUT2D eigenvalue weighted by molar-refractivity contribution is 7.53. The van der Waals surface area contributed by atoms with Crippen LogP contribution in [0.15, 0.2) is 77.4 Å². The highest BCUT2D eigenvalue weighted by Gasteiger charge is 2.31. The van der Waals surface area contributed by atoms with Gasteiger partial charge in [0, 0.05) is 29.8 Å². The zero-order valence-electron chi connectivity index (χ0n) is 19.6. The van der Waals surface area contributed by atoms with E-state index in [4.69, 9.17) is 18.2 Å². The van der Waals surface area contributed by atoms with Crippen molar-refractivity contribution in [1.82, 2.24) is 4.98 Å². The Kier molecular flexibility index (Phi) is 6.96. The predicted molar refractivity (Wildman–Crippen MR) is 130 cm³/mol. The number of H-pyrrole nitrogens is 1. The van der Waals surface area contributed by atoms with Crippen LogP contribution in [0, 0.1) is 0 Å². The maximum Gasteiger partial charge on any atom is 0.376 e. The van der Waals surface area contributed by atoms with Crippen LogP contribution in [0.2, 0.25) is 0 Å². The van der Waals surface area contributed by atoms with Crippen molar-refractivity contribution in [1.29, 1.82) is 0 Å². The van der Waals surface area contributed by atoms with Gasteiger partial charge >= 0.3 is 19.5 Å². The quantitative estimate of drug-likeness (QED) is 0.167. The minimum absolute atomic E-state index is 0.116. The van der Waals surface area contributed by atoms with E-state index in [2.05, 4.69) is 4.98 Å². The molecule has 35 heavy (non-hydrogen) atoms. The van der Waals surface area contributed by atoms with Crippen LogP contribution >= 0.6 is 7.60 Å². The molecule has 0 aliphatic carbocycles. The number of esters is 2. The molecule has 0 radical (unpaired) electrons. The van der Waals surface area contributed by atoms with E-state index >= 15 is 0 Å². The molecule has 0 aliphatic rings. The molecule has 1 N–H and O–H groups in total. The molecule has 0 spiro atoms. The number of nitrogens with one attached hydrogen (secondary N) is 1. The molecule has 0 fully saturated rings. The van der Waals surface area contributed by atoms with Crippen molar-refractivity contribution >= 4 is 30.6 Å². The maximum atomic E-state index is 13.0. The average Bonchev–Trinajstić information content (AvgIpc) is 3.41. The van der Waals surface area contributed by atoms with Crippen molar-refractivity contribution in [3.8, 4) is 5.75 Å². The number of para-hydroxylation sites is 1.